The Labute approximate surface area is 121 Å². The van der Waals surface area contributed by atoms with Crippen molar-refractivity contribution in [3.63, 3.8) is 0 Å². The maximum absolute atomic E-state index is 4.35. The molecule has 0 spiro atoms. The van der Waals surface area contributed by atoms with Gasteiger partial charge in [-0.15, -0.1) is 0 Å². The van der Waals surface area contributed by atoms with Crippen molar-refractivity contribution in [1.29, 1.82) is 0 Å². The van der Waals surface area contributed by atoms with Crippen molar-refractivity contribution >= 4 is 15.9 Å². The van der Waals surface area contributed by atoms with E-state index in [4.69, 9.17) is 0 Å². The lowest BCUT2D eigenvalue weighted by molar-refractivity contribution is 0.475. The number of hydrogen-bond acceptors (Lipinski definition) is 3. The number of pyridine rings is 2. The number of aromatic nitrogens is 2. The van der Waals surface area contributed by atoms with Gasteiger partial charge in [-0.2, -0.15) is 0 Å². The lowest BCUT2D eigenvalue weighted by Crippen LogP contribution is -2.23. The molecule has 3 rings (SSSR count). The van der Waals surface area contributed by atoms with Gasteiger partial charge in [-0.3, -0.25) is 9.97 Å². The van der Waals surface area contributed by atoms with Crippen LogP contribution in [0.4, 0.5) is 0 Å². The average Bonchev–Trinajstić information content (AvgIpc) is 3.25. The summed E-state index contributed by atoms with van der Waals surface area (Å²) in [5.74, 6) is 0.736. The molecular weight excluding hydrogens is 302 g/mol. The largest absolute Gasteiger partial charge is 0.304 e. The Morgan fingerprint density at radius 2 is 2.21 bits per heavy atom. The van der Waals surface area contributed by atoms with Gasteiger partial charge in [-0.1, -0.05) is 6.07 Å². The minimum Gasteiger partial charge on any atom is -0.304 e. The van der Waals surface area contributed by atoms with Crippen molar-refractivity contribution in [3.05, 3.63) is 58.6 Å². The Morgan fingerprint density at radius 3 is 2.89 bits per heavy atom. The molecule has 2 aromatic rings. The van der Waals surface area contributed by atoms with E-state index in [9.17, 15) is 0 Å². The van der Waals surface area contributed by atoms with Gasteiger partial charge in [-0.25, -0.2) is 0 Å². The first-order valence-corrected chi connectivity index (χ1v) is 7.36. The van der Waals surface area contributed by atoms with E-state index in [-0.39, 0.29) is 0 Å². The summed E-state index contributed by atoms with van der Waals surface area (Å²) in [6, 6.07) is 8.56. The predicted octanol–water partition coefficient (Wildman–Crippen LogP) is 3.48. The van der Waals surface area contributed by atoms with Crippen LogP contribution in [0.3, 0.4) is 0 Å². The first kappa shape index (κ1) is 12.8. The summed E-state index contributed by atoms with van der Waals surface area (Å²) >= 11 is 3.49. The molecule has 0 aliphatic heterocycles. The summed E-state index contributed by atoms with van der Waals surface area (Å²) in [4.78, 5) is 8.62. The summed E-state index contributed by atoms with van der Waals surface area (Å²) in [5.41, 5.74) is 2.34. The number of hydrogen-bond donors (Lipinski definition) is 1. The molecule has 1 aliphatic rings. The van der Waals surface area contributed by atoms with E-state index in [0.717, 1.165) is 22.6 Å². The highest BCUT2D eigenvalue weighted by molar-refractivity contribution is 9.10. The molecule has 1 fully saturated rings. The van der Waals surface area contributed by atoms with Crippen molar-refractivity contribution in [1.82, 2.24) is 15.3 Å². The number of halogens is 1. The molecule has 0 radical (unpaired) electrons. The highest BCUT2D eigenvalue weighted by Crippen LogP contribution is 2.41. The van der Waals surface area contributed by atoms with Crippen LogP contribution in [0.2, 0.25) is 0 Å². The minimum absolute atomic E-state index is 0.381. The Balaban J connectivity index is 1.71. The van der Waals surface area contributed by atoms with Crippen LogP contribution in [0.5, 0.6) is 0 Å². The Kier molecular flexibility index (Phi) is 3.89. The highest BCUT2D eigenvalue weighted by Gasteiger charge is 2.32. The summed E-state index contributed by atoms with van der Waals surface area (Å²) in [7, 11) is 0. The number of rotatable bonds is 5. The Hall–Kier alpha value is -1.26. The summed E-state index contributed by atoms with van der Waals surface area (Å²) in [6.45, 7) is 0.800. The van der Waals surface area contributed by atoms with Gasteiger partial charge in [0.05, 0.1) is 5.69 Å². The third kappa shape index (κ3) is 3.39. The van der Waals surface area contributed by atoms with E-state index in [0.29, 0.717) is 6.04 Å². The fraction of sp³-hybridized carbons (Fsp3) is 0.333. The summed E-state index contributed by atoms with van der Waals surface area (Å²) in [6.07, 6.45) is 8.22. The van der Waals surface area contributed by atoms with Gasteiger partial charge in [0.15, 0.2) is 0 Å². The third-order valence-corrected chi connectivity index (χ3v) is 3.84. The van der Waals surface area contributed by atoms with Gasteiger partial charge >= 0.3 is 0 Å². The molecule has 19 heavy (non-hydrogen) atoms. The highest BCUT2D eigenvalue weighted by atomic mass is 79.9. The van der Waals surface area contributed by atoms with Gasteiger partial charge in [-0.05, 0) is 58.5 Å². The minimum atomic E-state index is 0.381. The van der Waals surface area contributed by atoms with E-state index in [1.54, 1.807) is 0 Å². The monoisotopic (exact) mass is 317 g/mol. The van der Waals surface area contributed by atoms with Crippen LogP contribution < -0.4 is 5.32 Å². The molecule has 0 bridgehead atoms. The van der Waals surface area contributed by atoms with Gasteiger partial charge in [0.2, 0.25) is 0 Å². The molecule has 1 saturated carbocycles. The van der Waals surface area contributed by atoms with E-state index in [1.165, 1.54) is 18.4 Å². The zero-order valence-electron chi connectivity index (χ0n) is 10.6. The molecule has 1 atom stereocenters. The number of nitrogens with zero attached hydrogens (tertiary/aromatic N) is 2. The van der Waals surface area contributed by atoms with Crippen molar-refractivity contribution in [2.45, 2.75) is 25.4 Å². The summed E-state index contributed by atoms with van der Waals surface area (Å²) in [5, 5.41) is 3.62. The second-order valence-electron chi connectivity index (χ2n) is 4.95. The van der Waals surface area contributed by atoms with Crippen LogP contribution in [0, 0.1) is 5.92 Å². The molecule has 0 aromatic carbocycles. The van der Waals surface area contributed by atoms with Crippen molar-refractivity contribution < 1.29 is 0 Å². The molecule has 0 saturated heterocycles. The van der Waals surface area contributed by atoms with Gasteiger partial charge < -0.3 is 5.32 Å². The Morgan fingerprint density at radius 1 is 1.32 bits per heavy atom. The van der Waals surface area contributed by atoms with Crippen molar-refractivity contribution in [3.8, 4) is 0 Å². The lowest BCUT2D eigenvalue weighted by atomic mass is 10.0. The molecule has 1 N–H and O–H groups in total. The second kappa shape index (κ2) is 5.80. The molecule has 2 aromatic heterocycles. The van der Waals surface area contributed by atoms with Crippen LogP contribution in [-0.2, 0) is 6.54 Å². The van der Waals surface area contributed by atoms with Crippen LogP contribution in [-0.4, -0.2) is 9.97 Å². The van der Waals surface area contributed by atoms with Crippen molar-refractivity contribution in [2.24, 2.45) is 5.92 Å². The molecule has 1 aliphatic carbocycles. The van der Waals surface area contributed by atoms with E-state index in [2.05, 4.69) is 43.3 Å². The van der Waals surface area contributed by atoms with E-state index in [1.807, 2.05) is 30.7 Å². The topological polar surface area (TPSA) is 37.8 Å². The molecule has 1 unspecified atom stereocenters. The third-order valence-electron chi connectivity index (χ3n) is 3.41. The molecule has 4 heteroatoms. The SMILES string of the molecule is Brc1cncc(C(NCc2ccccn2)C2CC2)c1. The average molecular weight is 318 g/mol. The molecule has 0 amide bonds. The standard InChI is InChI=1S/C15H16BrN3/c16-13-7-12(8-17-9-13)15(11-4-5-11)19-10-14-3-1-2-6-18-14/h1-3,6-9,11,15,19H,4-5,10H2. The summed E-state index contributed by atoms with van der Waals surface area (Å²) < 4.78 is 1.04. The molecule has 3 nitrogen and oxygen atoms in total. The molecule has 2 heterocycles. The number of nitrogens with one attached hydrogen (secondary N) is 1. The van der Waals surface area contributed by atoms with Crippen molar-refractivity contribution in [2.75, 3.05) is 0 Å². The van der Waals surface area contributed by atoms with E-state index >= 15 is 0 Å². The quantitative estimate of drug-likeness (QED) is 0.917. The fourth-order valence-corrected chi connectivity index (χ4v) is 2.68. The zero-order chi connectivity index (χ0) is 13.1. The van der Waals surface area contributed by atoms with Crippen LogP contribution in [0.15, 0.2) is 47.3 Å². The normalized spacial score (nSPS) is 16.3. The van der Waals surface area contributed by atoms with Gasteiger partial charge in [0.25, 0.3) is 0 Å². The lowest BCUT2D eigenvalue weighted by Gasteiger charge is -2.18. The Bertz CT molecular complexity index is 540. The first-order chi connectivity index (χ1) is 9.33. The van der Waals surface area contributed by atoms with Crippen LogP contribution in [0.25, 0.3) is 0 Å². The molecule has 98 valence electrons. The van der Waals surface area contributed by atoms with Gasteiger partial charge in [0.1, 0.15) is 0 Å². The second-order valence-corrected chi connectivity index (χ2v) is 5.87. The maximum Gasteiger partial charge on any atom is 0.0541 e. The van der Waals surface area contributed by atoms with Crippen LogP contribution in [0.1, 0.15) is 30.1 Å². The smallest absolute Gasteiger partial charge is 0.0541 e. The first-order valence-electron chi connectivity index (χ1n) is 6.56. The maximum atomic E-state index is 4.35. The molecular formula is C15H16BrN3. The fourth-order valence-electron chi connectivity index (χ4n) is 2.30. The van der Waals surface area contributed by atoms with Crippen LogP contribution >= 0.6 is 15.9 Å². The predicted molar refractivity (Wildman–Crippen MR) is 78.5 cm³/mol. The zero-order valence-corrected chi connectivity index (χ0v) is 12.2. The van der Waals surface area contributed by atoms with Gasteiger partial charge in [0, 0.05) is 35.6 Å². The van der Waals surface area contributed by atoms with E-state index < -0.39 is 0 Å².